The second-order valence-electron chi connectivity index (χ2n) is 1.90. The fourth-order valence-corrected chi connectivity index (χ4v) is 0.797. The van der Waals surface area contributed by atoms with Crippen LogP contribution in [0.1, 0.15) is 11.1 Å². The maximum absolute atomic E-state index is 10.4. The molecule has 0 saturated carbocycles. The highest BCUT2D eigenvalue weighted by Gasteiger charge is 2.20. The highest BCUT2D eigenvalue weighted by atomic mass is 32.1. The van der Waals surface area contributed by atoms with Crippen molar-refractivity contribution in [1.82, 2.24) is 20.2 Å². The van der Waals surface area contributed by atoms with Gasteiger partial charge in [0.15, 0.2) is 11.1 Å². The molecule has 1 unspecified atom stereocenters. The van der Waals surface area contributed by atoms with Gasteiger partial charge in [-0.2, -0.15) is 12.6 Å². The van der Waals surface area contributed by atoms with Crippen molar-refractivity contribution in [2.75, 3.05) is 0 Å². The Morgan fingerprint density at radius 3 is 2.82 bits per heavy atom. The molecule has 0 amide bonds. The molecule has 1 heterocycles. The van der Waals surface area contributed by atoms with Crippen molar-refractivity contribution in [3.8, 4) is 0 Å². The van der Waals surface area contributed by atoms with E-state index in [9.17, 15) is 4.79 Å². The average molecular weight is 174 g/mol. The minimum Gasteiger partial charge on any atom is -0.480 e. The maximum Gasteiger partial charge on any atom is 0.324 e. The summed E-state index contributed by atoms with van der Waals surface area (Å²) in [6, 6.07) is 0. The highest BCUT2D eigenvalue weighted by Crippen LogP contribution is 2.14. The van der Waals surface area contributed by atoms with Gasteiger partial charge in [-0.1, -0.05) is 0 Å². The first-order valence-electron chi connectivity index (χ1n) is 2.76. The van der Waals surface area contributed by atoms with Crippen LogP contribution in [-0.4, -0.2) is 31.3 Å². The van der Waals surface area contributed by atoms with E-state index in [-0.39, 0.29) is 5.82 Å². The van der Waals surface area contributed by atoms with Crippen molar-refractivity contribution in [1.29, 1.82) is 0 Å². The summed E-state index contributed by atoms with van der Waals surface area (Å²) in [4.78, 5) is 10.4. The Kier molecular flexibility index (Phi) is 2.08. The SMILES string of the molecule is Cn1nnnc1C(S)C(=O)O. The van der Waals surface area contributed by atoms with Crippen LogP contribution in [-0.2, 0) is 11.8 Å². The van der Waals surface area contributed by atoms with E-state index in [0.29, 0.717) is 0 Å². The first-order valence-corrected chi connectivity index (χ1v) is 3.27. The average Bonchev–Trinajstić information content (AvgIpc) is 2.33. The number of aromatic nitrogens is 4. The molecule has 1 aromatic rings. The van der Waals surface area contributed by atoms with Crippen LogP contribution in [0.25, 0.3) is 0 Å². The molecule has 1 rings (SSSR count). The van der Waals surface area contributed by atoms with Crippen LogP contribution in [0.4, 0.5) is 0 Å². The molecule has 0 spiro atoms. The zero-order valence-electron chi connectivity index (χ0n) is 5.67. The van der Waals surface area contributed by atoms with Gasteiger partial charge in [0, 0.05) is 7.05 Å². The van der Waals surface area contributed by atoms with Crippen LogP contribution >= 0.6 is 12.6 Å². The molecule has 6 nitrogen and oxygen atoms in total. The molecular weight excluding hydrogens is 168 g/mol. The van der Waals surface area contributed by atoms with Gasteiger partial charge in [0.25, 0.3) is 0 Å². The minimum atomic E-state index is -1.06. The molecule has 0 aliphatic heterocycles. The lowest BCUT2D eigenvalue weighted by molar-refractivity contribution is -0.136. The third-order valence-electron chi connectivity index (χ3n) is 1.13. The Balaban J connectivity index is 2.92. The Bertz CT molecular complexity index is 273. The topological polar surface area (TPSA) is 80.9 Å². The highest BCUT2D eigenvalue weighted by molar-refractivity contribution is 7.81. The zero-order chi connectivity index (χ0) is 8.43. The number of nitrogens with zero attached hydrogens (tertiary/aromatic N) is 4. The normalized spacial score (nSPS) is 12.9. The Hall–Kier alpha value is -1.11. The number of carboxylic acids is 1. The number of hydrogen-bond acceptors (Lipinski definition) is 5. The Labute approximate surface area is 67.6 Å². The van der Waals surface area contributed by atoms with Crippen LogP contribution in [0.5, 0.6) is 0 Å². The van der Waals surface area contributed by atoms with E-state index in [1.54, 1.807) is 7.05 Å². The molecule has 0 bridgehead atoms. The fourth-order valence-electron chi connectivity index (χ4n) is 0.578. The van der Waals surface area contributed by atoms with E-state index in [2.05, 4.69) is 28.2 Å². The van der Waals surface area contributed by atoms with Gasteiger partial charge >= 0.3 is 5.97 Å². The number of carbonyl (C=O) groups is 1. The smallest absolute Gasteiger partial charge is 0.324 e. The molecule has 11 heavy (non-hydrogen) atoms. The van der Waals surface area contributed by atoms with Crippen molar-refractivity contribution in [3.63, 3.8) is 0 Å². The molecular formula is C4H6N4O2S. The zero-order valence-corrected chi connectivity index (χ0v) is 6.56. The van der Waals surface area contributed by atoms with Crippen LogP contribution < -0.4 is 0 Å². The predicted octanol–water partition coefficient (Wildman–Crippen LogP) is -0.734. The summed E-state index contributed by atoms with van der Waals surface area (Å²) in [6.07, 6.45) is 0. The van der Waals surface area contributed by atoms with Crippen LogP contribution in [0.15, 0.2) is 0 Å². The lowest BCUT2D eigenvalue weighted by atomic mass is 10.4. The van der Waals surface area contributed by atoms with Crippen LogP contribution in [0.2, 0.25) is 0 Å². The number of hydrogen-bond donors (Lipinski definition) is 2. The monoisotopic (exact) mass is 174 g/mol. The first kappa shape index (κ1) is 7.99. The Morgan fingerprint density at radius 1 is 1.82 bits per heavy atom. The van der Waals surface area contributed by atoms with E-state index in [0.717, 1.165) is 0 Å². The van der Waals surface area contributed by atoms with Crippen LogP contribution in [0, 0.1) is 0 Å². The summed E-state index contributed by atoms with van der Waals surface area (Å²) >= 11 is 3.79. The van der Waals surface area contributed by atoms with E-state index in [1.165, 1.54) is 4.68 Å². The number of tetrazole rings is 1. The molecule has 0 aromatic carbocycles. The van der Waals surface area contributed by atoms with E-state index in [4.69, 9.17) is 5.11 Å². The largest absolute Gasteiger partial charge is 0.480 e. The quantitative estimate of drug-likeness (QED) is 0.577. The third-order valence-corrected chi connectivity index (χ3v) is 1.58. The second kappa shape index (κ2) is 2.87. The van der Waals surface area contributed by atoms with Crippen molar-refractivity contribution >= 4 is 18.6 Å². The van der Waals surface area contributed by atoms with Crippen molar-refractivity contribution in [2.45, 2.75) is 5.25 Å². The molecule has 1 N–H and O–H groups in total. The first-order chi connectivity index (χ1) is 5.13. The van der Waals surface area contributed by atoms with E-state index in [1.807, 2.05) is 0 Å². The van der Waals surface area contributed by atoms with Crippen molar-refractivity contribution in [2.24, 2.45) is 7.05 Å². The molecule has 7 heteroatoms. The minimum absolute atomic E-state index is 0.223. The number of rotatable bonds is 2. The van der Waals surface area contributed by atoms with Gasteiger partial charge in [-0.05, 0) is 10.4 Å². The molecule has 1 atom stereocenters. The molecule has 0 radical (unpaired) electrons. The van der Waals surface area contributed by atoms with E-state index >= 15 is 0 Å². The summed E-state index contributed by atoms with van der Waals surface area (Å²) in [6.45, 7) is 0. The number of thiol groups is 1. The van der Waals surface area contributed by atoms with Gasteiger partial charge in [-0.25, -0.2) is 4.68 Å². The molecule has 1 aromatic heterocycles. The summed E-state index contributed by atoms with van der Waals surface area (Å²) < 4.78 is 1.27. The third kappa shape index (κ3) is 1.48. The molecule has 0 fully saturated rings. The maximum atomic E-state index is 10.4. The van der Waals surface area contributed by atoms with Gasteiger partial charge in [-0.3, -0.25) is 4.79 Å². The molecule has 0 saturated heterocycles. The fraction of sp³-hybridized carbons (Fsp3) is 0.500. The van der Waals surface area contributed by atoms with Gasteiger partial charge < -0.3 is 5.11 Å². The van der Waals surface area contributed by atoms with Crippen molar-refractivity contribution < 1.29 is 9.90 Å². The van der Waals surface area contributed by atoms with Gasteiger partial charge in [0.2, 0.25) is 0 Å². The molecule has 60 valence electrons. The second-order valence-corrected chi connectivity index (χ2v) is 2.42. The summed E-state index contributed by atoms with van der Waals surface area (Å²) in [7, 11) is 1.56. The standard InChI is InChI=1S/C4H6N4O2S/c1-8-3(5-6-7-8)2(11)4(9)10/h2,11H,1H3,(H,9,10). The predicted molar refractivity (Wildman–Crippen MR) is 38.2 cm³/mol. The lowest BCUT2D eigenvalue weighted by Gasteiger charge is -2.00. The van der Waals surface area contributed by atoms with Crippen molar-refractivity contribution in [3.05, 3.63) is 5.82 Å². The summed E-state index contributed by atoms with van der Waals surface area (Å²) in [5.74, 6) is -0.841. The number of carboxylic acid groups (broad SMARTS) is 1. The summed E-state index contributed by atoms with van der Waals surface area (Å²) in [5, 5.41) is 17.8. The number of aliphatic carboxylic acids is 1. The molecule has 0 aliphatic rings. The van der Waals surface area contributed by atoms with Gasteiger partial charge in [-0.15, -0.1) is 5.10 Å². The van der Waals surface area contributed by atoms with Crippen LogP contribution in [0.3, 0.4) is 0 Å². The van der Waals surface area contributed by atoms with Gasteiger partial charge in [0.05, 0.1) is 0 Å². The number of aryl methyl sites for hydroxylation is 1. The van der Waals surface area contributed by atoms with Gasteiger partial charge in [0.1, 0.15) is 0 Å². The Morgan fingerprint density at radius 2 is 2.45 bits per heavy atom. The lowest BCUT2D eigenvalue weighted by Crippen LogP contribution is -2.11. The molecule has 0 aliphatic carbocycles. The van der Waals surface area contributed by atoms with E-state index < -0.39 is 11.2 Å². The summed E-state index contributed by atoms with van der Waals surface area (Å²) in [5.41, 5.74) is 0.